The van der Waals surface area contributed by atoms with E-state index in [9.17, 15) is 17.6 Å². The molecule has 1 aromatic rings. The molecule has 0 saturated heterocycles. The molecule has 0 aliphatic rings. The van der Waals surface area contributed by atoms with Gasteiger partial charge < -0.3 is 15.7 Å². The Labute approximate surface area is 110 Å². The zero-order valence-corrected chi connectivity index (χ0v) is 10.0. The maximum Gasteiger partial charge on any atom is 0.402 e. The summed E-state index contributed by atoms with van der Waals surface area (Å²) in [4.78, 5) is 0. The molecule has 0 heterocycles. The molecule has 0 fully saturated rings. The molecular weight excluding hydrogens is 292 g/mol. The summed E-state index contributed by atoms with van der Waals surface area (Å²) < 4.78 is 55.5. The van der Waals surface area contributed by atoms with E-state index in [2.05, 4.69) is 5.16 Å². The normalized spacial score (nSPS) is 14.3. The highest BCUT2D eigenvalue weighted by molar-refractivity contribution is 6.30. The Morgan fingerprint density at radius 3 is 2.58 bits per heavy atom. The minimum Gasteiger partial charge on any atom is -0.492 e. The Balaban J connectivity index is 2.79. The first-order valence-electron chi connectivity index (χ1n) is 4.87. The van der Waals surface area contributed by atoms with Crippen LogP contribution in [0.15, 0.2) is 23.4 Å². The molecule has 9 heteroatoms. The monoisotopic (exact) mass is 300 g/mol. The zero-order chi connectivity index (χ0) is 14.6. The average molecular weight is 301 g/mol. The largest absolute Gasteiger partial charge is 0.492 e. The highest BCUT2D eigenvalue weighted by Gasteiger charge is 2.43. The second-order valence-corrected chi connectivity index (χ2v) is 3.91. The molecule has 0 bridgehead atoms. The number of oxime groups is 1. The molecule has 106 valence electrons. The van der Waals surface area contributed by atoms with Crippen molar-refractivity contribution in [2.24, 2.45) is 16.8 Å². The third-order valence-electron chi connectivity index (χ3n) is 2.18. The first-order chi connectivity index (χ1) is 8.75. The molecule has 0 saturated carbocycles. The van der Waals surface area contributed by atoms with Crippen molar-refractivity contribution >= 4 is 17.4 Å². The number of rotatable bonds is 4. The number of ether oxygens (including phenoxy) is 1. The summed E-state index contributed by atoms with van der Waals surface area (Å²) in [6, 6.07) is 3.17. The van der Waals surface area contributed by atoms with E-state index in [1.807, 2.05) is 0 Å². The van der Waals surface area contributed by atoms with Crippen LogP contribution in [0.5, 0.6) is 5.75 Å². The van der Waals surface area contributed by atoms with Gasteiger partial charge in [0.25, 0.3) is 0 Å². The molecular formula is C10H9ClF4N2O2. The van der Waals surface area contributed by atoms with Crippen LogP contribution in [0.2, 0.25) is 5.02 Å². The van der Waals surface area contributed by atoms with Gasteiger partial charge in [0.15, 0.2) is 5.84 Å². The number of nitrogens with zero attached hydrogens (tertiary/aromatic N) is 1. The standard InChI is InChI=1S/C10H9ClF4N2O2/c11-7-2-1-5(3-8(7)12)19-4-6(9(16)17-18)10(13,14)15/h1-3,6,18H,4H2,(H2,16,17). The fraction of sp³-hybridized carbons (Fsp3) is 0.300. The molecule has 0 amide bonds. The van der Waals surface area contributed by atoms with Gasteiger partial charge in [-0.2, -0.15) is 13.2 Å². The van der Waals surface area contributed by atoms with E-state index < -0.39 is 30.4 Å². The molecule has 0 aromatic heterocycles. The predicted octanol–water partition coefficient (Wildman–Crippen LogP) is 2.78. The first-order valence-corrected chi connectivity index (χ1v) is 5.25. The van der Waals surface area contributed by atoms with Gasteiger partial charge in [-0.05, 0) is 12.1 Å². The van der Waals surface area contributed by atoms with Gasteiger partial charge >= 0.3 is 6.18 Å². The van der Waals surface area contributed by atoms with Crippen LogP contribution >= 0.6 is 11.6 Å². The van der Waals surface area contributed by atoms with Gasteiger partial charge in [0.05, 0.1) is 5.02 Å². The Bertz CT molecular complexity index is 479. The third-order valence-corrected chi connectivity index (χ3v) is 2.48. The van der Waals surface area contributed by atoms with E-state index in [1.54, 1.807) is 0 Å². The summed E-state index contributed by atoms with van der Waals surface area (Å²) in [5.41, 5.74) is 4.93. The van der Waals surface area contributed by atoms with Crippen molar-refractivity contribution in [3.63, 3.8) is 0 Å². The van der Waals surface area contributed by atoms with Crippen molar-refractivity contribution in [1.29, 1.82) is 0 Å². The van der Waals surface area contributed by atoms with Crippen LogP contribution < -0.4 is 10.5 Å². The Kier molecular flexibility index (Phi) is 4.82. The molecule has 0 spiro atoms. The maximum absolute atomic E-state index is 13.0. The molecule has 0 aliphatic carbocycles. The molecule has 1 aromatic carbocycles. The molecule has 1 unspecified atom stereocenters. The highest BCUT2D eigenvalue weighted by atomic mass is 35.5. The van der Waals surface area contributed by atoms with Gasteiger partial charge in [-0.3, -0.25) is 0 Å². The highest BCUT2D eigenvalue weighted by Crippen LogP contribution is 2.28. The van der Waals surface area contributed by atoms with E-state index in [-0.39, 0.29) is 10.8 Å². The molecule has 3 N–H and O–H groups in total. The Morgan fingerprint density at radius 2 is 2.11 bits per heavy atom. The van der Waals surface area contributed by atoms with Gasteiger partial charge in [0.2, 0.25) is 0 Å². The first kappa shape index (κ1) is 15.4. The lowest BCUT2D eigenvalue weighted by molar-refractivity contribution is -0.162. The smallest absolute Gasteiger partial charge is 0.402 e. The van der Waals surface area contributed by atoms with Crippen LogP contribution in [0, 0.1) is 11.7 Å². The van der Waals surface area contributed by atoms with E-state index in [4.69, 9.17) is 27.3 Å². The van der Waals surface area contributed by atoms with Crippen molar-refractivity contribution in [2.75, 3.05) is 6.61 Å². The third kappa shape index (κ3) is 4.16. The minimum atomic E-state index is -4.75. The van der Waals surface area contributed by atoms with Crippen molar-refractivity contribution < 1.29 is 27.5 Å². The molecule has 1 rings (SSSR count). The number of hydrogen-bond donors (Lipinski definition) is 2. The lowest BCUT2D eigenvalue weighted by Crippen LogP contribution is -2.40. The number of nitrogens with two attached hydrogens (primary N) is 1. The summed E-state index contributed by atoms with van der Waals surface area (Å²) in [5, 5.41) is 10.4. The average Bonchev–Trinajstić information content (AvgIpc) is 2.31. The zero-order valence-electron chi connectivity index (χ0n) is 9.29. The van der Waals surface area contributed by atoms with Crippen molar-refractivity contribution in [1.82, 2.24) is 0 Å². The van der Waals surface area contributed by atoms with Gasteiger partial charge in [0.1, 0.15) is 24.1 Å². The van der Waals surface area contributed by atoms with Gasteiger partial charge in [-0.15, -0.1) is 0 Å². The summed E-state index contributed by atoms with van der Waals surface area (Å²) >= 11 is 5.41. The SMILES string of the molecule is N/C(=N/O)C(COc1ccc(Cl)c(F)c1)C(F)(F)F. The molecule has 19 heavy (non-hydrogen) atoms. The van der Waals surface area contributed by atoms with Crippen LogP contribution in [-0.2, 0) is 0 Å². The van der Waals surface area contributed by atoms with Crippen LogP contribution in [-0.4, -0.2) is 23.8 Å². The van der Waals surface area contributed by atoms with Crippen LogP contribution in [0.3, 0.4) is 0 Å². The van der Waals surface area contributed by atoms with E-state index in [0.717, 1.165) is 12.1 Å². The second kappa shape index (κ2) is 5.96. The summed E-state index contributed by atoms with van der Waals surface area (Å²) in [6.07, 6.45) is -4.75. The molecule has 0 radical (unpaired) electrons. The number of alkyl halides is 3. The van der Waals surface area contributed by atoms with Gasteiger partial charge in [-0.25, -0.2) is 4.39 Å². The van der Waals surface area contributed by atoms with Crippen LogP contribution in [0.4, 0.5) is 17.6 Å². The Hall–Kier alpha value is -1.70. The number of halogens is 5. The summed E-state index contributed by atoms with van der Waals surface area (Å²) in [7, 11) is 0. The van der Waals surface area contributed by atoms with Crippen LogP contribution in [0.25, 0.3) is 0 Å². The number of hydrogen-bond acceptors (Lipinski definition) is 3. The van der Waals surface area contributed by atoms with E-state index in [1.165, 1.54) is 6.07 Å². The molecule has 1 atom stereocenters. The van der Waals surface area contributed by atoms with Crippen molar-refractivity contribution in [3.05, 3.63) is 29.0 Å². The van der Waals surface area contributed by atoms with E-state index in [0.29, 0.717) is 0 Å². The topological polar surface area (TPSA) is 67.8 Å². The minimum absolute atomic E-state index is 0.151. The number of amidine groups is 1. The summed E-state index contributed by atoms with van der Waals surface area (Å²) in [6.45, 7) is -0.944. The molecule has 4 nitrogen and oxygen atoms in total. The maximum atomic E-state index is 13.0. The lowest BCUT2D eigenvalue weighted by atomic mass is 10.1. The van der Waals surface area contributed by atoms with Crippen molar-refractivity contribution in [3.8, 4) is 5.75 Å². The van der Waals surface area contributed by atoms with Gasteiger partial charge in [-0.1, -0.05) is 16.8 Å². The fourth-order valence-electron chi connectivity index (χ4n) is 1.16. The van der Waals surface area contributed by atoms with Crippen LogP contribution in [0.1, 0.15) is 0 Å². The summed E-state index contributed by atoms with van der Waals surface area (Å²) in [5.74, 6) is -4.31. The van der Waals surface area contributed by atoms with E-state index >= 15 is 0 Å². The predicted molar refractivity (Wildman–Crippen MR) is 59.9 cm³/mol. The Morgan fingerprint density at radius 1 is 1.47 bits per heavy atom. The number of benzene rings is 1. The lowest BCUT2D eigenvalue weighted by Gasteiger charge is -2.19. The fourth-order valence-corrected chi connectivity index (χ4v) is 1.28. The molecule has 0 aliphatic heterocycles. The quantitative estimate of drug-likeness (QED) is 0.295. The van der Waals surface area contributed by atoms with Gasteiger partial charge in [0, 0.05) is 6.07 Å². The second-order valence-electron chi connectivity index (χ2n) is 3.51. The van der Waals surface area contributed by atoms with Crippen molar-refractivity contribution in [2.45, 2.75) is 6.18 Å².